The number of methoxy groups -OCH3 is 1. The van der Waals surface area contributed by atoms with Crippen molar-refractivity contribution in [3.63, 3.8) is 0 Å². The summed E-state index contributed by atoms with van der Waals surface area (Å²) in [5.41, 5.74) is 2.66. The second-order valence-electron chi connectivity index (χ2n) is 10.5. The lowest BCUT2D eigenvalue weighted by Crippen LogP contribution is -2.39. The van der Waals surface area contributed by atoms with Crippen molar-refractivity contribution in [1.82, 2.24) is 0 Å². The molecule has 0 saturated carbocycles. The van der Waals surface area contributed by atoms with Crippen LogP contribution in [0.5, 0.6) is 0 Å². The number of aliphatic hydroxyl groups is 1. The van der Waals surface area contributed by atoms with E-state index in [1.54, 1.807) is 12.1 Å². The highest BCUT2D eigenvalue weighted by Crippen LogP contribution is 2.41. The molecule has 0 radical (unpaired) electrons. The maximum Gasteiger partial charge on any atom is 0.337 e. The van der Waals surface area contributed by atoms with Crippen LogP contribution in [0.2, 0.25) is 0 Å². The van der Waals surface area contributed by atoms with Gasteiger partial charge in [0.15, 0.2) is 0 Å². The lowest BCUT2D eigenvalue weighted by atomic mass is 9.80. The Morgan fingerprint density at radius 3 is 1.77 bits per heavy atom. The van der Waals surface area contributed by atoms with Gasteiger partial charge in [0, 0.05) is 0 Å². The Morgan fingerprint density at radius 2 is 1.26 bits per heavy atom. The van der Waals surface area contributed by atoms with Crippen molar-refractivity contribution < 1.29 is 29.3 Å². The van der Waals surface area contributed by atoms with Gasteiger partial charge in [0.25, 0.3) is 0 Å². The number of benzene rings is 5. The first-order valence-corrected chi connectivity index (χ1v) is 14.3. The molecule has 0 spiro atoms. The first kappa shape index (κ1) is 29.7. The normalized spacial score (nSPS) is 12.9. The molecule has 5 aromatic carbocycles. The molecule has 0 amide bonds. The Kier molecular flexibility index (Phi) is 9.30. The molecule has 0 aromatic heterocycles. The third kappa shape index (κ3) is 6.36. The SMILES string of the molecule is COC(=O)c1cc(CC[C@H](O)[C@H](COC(c2ccccc2)(c2ccccc2)c2ccccc2)C(=O)O)c2ccccc2c1. The van der Waals surface area contributed by atoms with Crippen LogP contribution in [0.25, 0.3) is 10.8 Å². The van der Waals surface area contributed by atoms with Crippen molar-refractivity contribution in [3.8, 4) is 0 Å². The van der Waals surface area contributed by atoms with Gasteiger partial charge in [-0.3, -0.25) is 4.79 Å². The molecule has 0 unspecified atom stereocenters. The van der Waals surface area contributed by atoms with E-state index in [-0.39, 0.29) is 13.0 Å². The number of hydrogen-bond acceptors (Lipinski definition) is 5. The molecule has 0 aliphatic rings. The van der Waals surface area contributed by atoms with E-state index in [0.717, 1.165) is 33.0 Å². The second-order valence-corrected chi connectivity index (χ2v) is 10.5. The van der Waals surface area contributed by atoms with E-state index in [0.29, 0.717) is 12.0 Å². The van der Waals surface area contributed by atoms with Crippen molar-refractivity contribution >= 4 is 22.7 Å². The van der Waals surface area contributed by atoms with Crippen LogP contribution in [0.3, 0.4) is 0 Å². The van der Waals surface area contributed by atoms with Crippen LogP contribution < -0.4 is 0 Å². The van der Waals surface area contributed by atoms with Crippen LogP contribution in [-0.4, -0.2) is 42.0 Å². The predicted molar refractivity (Wildman–Crippen MR) is 166 cm³/mol. The van der Waals surface area contributed by atoms with Gasteiger partial charge in [-0.2, -0.15) is 0 Å². The van der Waals surface area contributed by atoms with Crippen LogP contribution in [0.4, 0.5) is 0 Å². The molecule has 0 saturated heterocycles. The predicted octanol–water partition coefficient (Wildman–Crippen LogP) is 6.63. The van der Waals surface area contributed by atoms with Crippen LogP contribution in [0.15, 0.2) is 127 Å². The summed E-state index contributed by atoms with van der Waals surface area (Å²) in [6, 6.07) is 40.3. The molecule has 43 heavy (non-hydrogen) atoms. The van der Waals surface area contributed by atoms with Crippen LogP contribution in [0.1, 0.15) is 39.0 Å². The number of carboxylic acids is 1. The second kappa shape index (κ2) is 13.5. The molecule has 2 atom stereocenters. The molecule has 0 bridgehead atoms. The lowest BCUT2D eigenvalue weighted by Gasteiger charge is -2.37. The summed E-state index contributed by atoms with van der Waals surface area (Å²) in [4.78, 5) is 24.9. The number of aryl methyl sites for hydroxylation is 1. The zero-order valence-corrected chi connectivity index (χ0v) is 23.9. The molecule has 5 aromatic rings. The minimum Gasteiger partial charge on any atom is -0.481 e. The highest BCUT2D eigenvalue weighted by Gasteiger charge is 2.40. The topological polar surface area (TPSA) is 93.1 Å². The van der Waals surface area contributed by atoms with Crippen molar-refractivity contribution in [3.05, 3.63) is 155 Å². The number of ether oxygens (including phenoxy) is 2. The lowest BCUT2D eigenvalue weighted by molar-refractivity contribution is -0.151. The van der Waals surface area contributed by atoms with Crippen LogP contribution in [-0.2, 0) is 26.3 Å². The summed E-state index contributed by atoms with van der Waals surface area (Å²) in [7, 11) is 1.33. The maximum atomic E-state index is 12.6. The zero-order chi connectivity index (χ0) is 30.2. The fraction of sp³-hybridized carbons (Fsp3) is 0.189. The average molecular weight is 575 g/mol. The number of esters is 1. The minimum atomic E-state index is -1.21. The highest BCUT2D eigenvalue weighted by atomic mass is 16.5. The zero-order valence-electron chi connectivity index (χ0n) is 23.9. The molecule has 0 aliphatic heterocycles. The van der Waals surface area contributed by atoms with E-state index in [1.807, 2.05) is 115 Å². The van der Waals surface area contributed by atoms with Crippen LogP contribution >= 0.6 is 0 Å². The molecule has 5 rings (SSSR count). The molecule has 6 heteroatoms. The summed E-state index contributed by atoms with van der Waals surface area (Å²) >= 11 is 0. The largest absolute Gasteiger partial charge is 0.481 e. The Hall–Kier alpha value is -4.78. The van der Waals surface area contributed by atoms with Gasteiger partial charge < -0.3 is 19.7 Å². The van der Waals surface area contributed by atoms with E-state index >= 15 is 0 Å². The average Bonchev–Trinajstić information content (AvgIpc) is 3.06. The summed E-state index contributed by atoms with van der Waals surface area (Å²) in [5.74, 6) is -2.81. The summed E-state index contributed by atoms with van der Waals surface area (Å²) in [6.07, 6.45) is -0.695. The van der Waals surface area contributed by atoms with Gasteiger partial charge in [-0.15, -0.1) is 0 Å². The number of aliphatic carboxylic acids is 1. The fourth-order valence-corrected chi connectivity index (χ4v) is 5.67. The number of fused-ring (bicyclic) bond motifs is 1. The van der Waals surface area contributed by atoms with Crippen molar-refractivity contribution in [2.45, 2.75) is 24.5 Å². The van der Waals surface area contributed by atoms with E-state index in [2.05, 4.69) is 0 Å². The van der Waals surface area contributed by atoms with Crippen LogP contribution in [0, 0.1) is 5.92 Å². The number of hydrogen-bond donors (Lipinski definition) is 2. The number of carboxylic acid groups (broad SMARTS) is 1. The Morgan fingerprint density at radius 1 is 0.744 bits per heavy atom. The number of carbonyl (C=O) groups is 2. The van der Waals surface area contributed by atoms with Crippen molar-refractivity contribution in [2.24, 2.45) is 5.92 Å². The fourth-order valence-electron chi connectivity index (χ4n) is 5.67. The molecule has 0 heterocycles. The van der Waals surface area contributed by atoms with Gasteiger partial charge in [0.1, 0.15) is 11.5 Å². The quantitative estimate of drug-likeness (QED) is 0.128. The monoisotopic (exact) mass is 574 g/mol. The smallest absolute Gasteiger partial charge is 0.337 e. The third-order valence-electron chi connectivity index (χ3n) is 7.88. The first-order chi connectivity index (χ1) is 20.9. The maximum absolute atomic E-state index is 12.6. The first-order valence-electron chi connectivity index (χ1n) is 14.3. The molecular formula is C37H34O6. The van der Waals surface area contributed by atoms with Gasteiger partial charge >= 0.3 is 11.9 Å². The van der Waals surface area contributed by atoms with Gasteiger partial charge in [-0.05, 0) is 58.0 Å². The molecule has 2 N–H and O–H groups in total. The third-order valence-corrected chi connectivity index (χ3v) is 7.88. The number of carbonyl (C=O) groups excluding carboxylic acids is 1. The van der Waals surface area contributed by atoms with E-state index in [1.165, 1.54) is 7.11 Å². The summed E-state index contributed by atoms with van der Waals surface area (Å²) < 4.78 is 11.6. The van der Waals surface area contributed by atoms with Gasteiger partial charge in [-0.25, -0.2) is 4.79 Å². The van der Waals surface area contributed by atoms with Gasteiger partial charge in [0.05, 0.1) is 25.4 Å². The Labute approximate surface area is 251 Å². The minimum absolute atomic E-state index is 0.157. The van der Waals surface area contributed by atoms with Gasteiger partial charge in [-0.1, -0.05) is 115 Å². The van der Waals surface area contributed by atoms with E-state index < -0.39 is 29.6 Å². The van der Waals surface area contributed by atoms with Crippen molar-refractivity contribution in [1.29, 1.82) is 0 Å². The number of aliphatic hydroxyl groups excluding tert-OH is 1. The molecular weight excluding hydrogens is 540 g/mol. The molecule has 0 fully saturated rings. The molecule has 218 valence electrons. The molecule has 6 nitrogen and oxygen atoms in total. The highest BCUT2D eigenvalue weighted by molar-refractivity contribution is 5.97. The molecule has 0 aliphatic carbocycles. The van der Waals surface area contributed by atoms with Crippen molar-refractivity contribution in [2.75, 3.05) is 13.7 Å². The van der Waals surface area contributed by atoms with E-state index in [4.69, 9.17) is 9.47 Å². The number of rotatable bonds is 12. The summed E-state index contributed by atoms with van der Waals surface area (Å²) in [5, 5.41) is 23.4. The Balaban J connectivity index is 1.45. The van der Waals surface area contributed by atoms with E-state index in [9.17, 15) is 19.8 Å². The van der Waals surface area contributed by atoms with Gasteiger partial charge in [0.2, 0.25) is 0 Å². The Bertz CT molecular complexity index is 1570. The summed E-state index contributed by atoms with van der Waals surface area (Å²) in [6.45, 7) is -0.238. The standard InChI is InChI=1S/C37H34O6/c1-42-36(41)28-23-26-13-11-12-20-32(26)27(24-28)21-22-34(38)33(35(39)40)25-43-37(29-14-5-2-6-15-29,30-16-7-3-8-17-30)31-18-9-4-10-19-31/h2-20,23-24,33-34,38H,21-22,25H2,1H3,(H,39,40)/t33-,34-/m0/s1.